The van der Waals surface area contributed by atoms with Crippen molar-refractivity contribution in [1.29, 1.82) is 0 Å². The minimum atomic E-state index is 0.694. The summed E-state index contributed by atoms with van der Waals surface area (Å²) < 4.78 is 2.20. The number of aryl methyl sites for hydroxylation is 3. The molecule has 1 heterocycles. The third-order valence-corrected chi connectivity index (χ3v) is 5.06. The molecule has 0 aliphatic heterocycles. The fraction of sp³-hybridized carbons (Fsp3) is 0.500. The second-order valence-corrected chi connectivity index (χ2v) is 7.16. The molecule has 0 saturated heterocycles. The lowest BCUT2D eigenvalue weighted by Crippen LogP contribution is -2.37. The lowest BCUT2D eigenvalue weighted by Gasteiger charge is -2.12. The van der Waals surface area contributed by atoms with E-state index in [0.717, 1.165) is 44.3 Å². The van der Waals surface area contributed by atoms with Gasteiger partial charge in [-0.2, -0.15) is 0 Å². The molecule has 2 rings (SSSR count). The second kappa shape index (κ2) is 10.9. The average Bonchev–Trinajstić information content (AvgIpc) is 3.04. The van der Waals surface area contributed by atoms with Crippen LogP contribution < -0.4 is 10.6 Å². The van der Waals surface area contributed by atoms with Gasteiger partial charge in [-0.25, -0.2) is 9.98 Å². The molecule has 0 radical (unpaired) electrons. The number of unbranched alkanes of at least 4 members (excludes halogenated alkanes) is 1. The van der Waals surface area contributed by atoms with Gasteiger partial charge < -0.3 is 15.2 Å². The molecule has 0 aliphatic carbocycles. The number of imidazole rings is 1. The summed E-state index contributed by atoms with van der Waals surface area (Å²) in [4.78, 5) is 10.3. The van der Waals surface area contributed by atoms with Crippen molar-refractivity contribution >= 4 is 17.7 Å². The number of nitrogens with one attached hydrogen (secondary N) is 2. The summed E-state index contributed by atoms with van der Waals surface area (Å²) >= 11 is 1.78. The van der Waals surface area contributed by atoms with Gasteiger partial charge in [0.25, 0.3) is 0 Å². The van der Waals surface area contributed by atoms with Gasteiger partial charge in [-0.05, 0) is 57.1 Å². The highest BCUT2D eigenvalue weighted by atomic mass is 32.2. The van der Waals surface area contributed by atoms with Gasteiger partial charge in [0.15, 0.2) is 5.96 Å². The van der Waals surface area contributed by atoms with Crippen molar-refractivity contribution in [2.45, 2.75) is 51.6 Å². The second-order valence-electron chi connectivity index (χ2n) is 6.31. The van der Waals surface area contributed by atoms with Crippen LogP contribution in [0.3, 0.4) is 0 Å². The highest BCUT2D eigenvalue weighted by molar-refractivity contribution is 7.98. The number of benzene rings is 1. The first-order valence-electron chi connectivity index (χ1n) is 9.27. The Kier molecular flexibility index (Phi) is 8.54. The van der Waals surface area contributed by atoms with Crippen molar-refractivity contribution < 1.29 is 0 Å². The Morgan fingerprint density at radius 1 is 1.23 bits per heavy atom. The number of hydrogen-bond acceptors (Lipinski definition) is 3. The van der Waals surface area contributed by atoms with Crippen LogP contribution in [0.4, 0.5) is 0 Å². The summed E-state index contributed by atoms with van der Waals surface area (Å²) in [5.41, 5.74) is 2.57. The zero-order valence-electron chi connectivity index (χ0n) is 16.4. The van der Waals surface area contributed by atoms with Crippen molar-refractivity contribution in [1.82, 2.24) is 20.2 Å². The van der Waals surface area contributed by atoms with Crippen LogP contribution in [0.15, 0.2) is 40.5 Å². The van der Waals surface area contributed by atoms with E-state index in [4.69, 9.17) is 4.99 Å². The first kappa shape index (κ1) is 20.4. The lowest BCUT2D eigenvalue weighted by molar-refractivity contribution is 0.588. The molecule has 2 N–H and O–H groups in total. The summed E-state index contributed by atoms with van der Waals surface area (Å²) in [6.07, 6.45) is 8.24. The molecule has 0 spiro atoms. The van der Waals surface area contributed by atoms with Crippen molar-refractivity contribution in [3.8, 4) is 0 Å². The Morgan fingerprint density at radius 3 is 2.77 bits per heavy atom. The van der Waals surface area contributed by atoms with Crippen molar-refractivity contribution in [3.05, 3.63) is 47.5 Å². The van der Waals surface area contributed by atoms with E-state index in [1.165, 1.54) is 16.0 Å². The largest absolute Gasteiger partial charge is 0.357 e. The zero-order chi connectivity index (χ0) is 18.8. The van der Waals surface area contributed by atoms with Crippen LogP contribution in [-0.4, -0.2) is 34.9 Å². The fourth-order valence-electron chi connectivity index (χ4n) is 2.74. The van der Waals surface area contributed by atoms with E-state index in [1.807, 2.05) is 19.3 Å². The smallest absolute Gasteiger partial charge is 0.191 e. The maximum Gasteiger partial charge on any atom is 0.191 e. The quantitative estimate of drug-likeness (QED) is 0.304. The van der Waals surface area contributed by atoms with Crippen molar-refractivity contribution in [3.63, 3.8) is 0 Å². The maximum atomic E-state index is 4.75. The molecule has 1 aromatic carbocycles. The Morgan fingerprint density at radius 2 is 2.08 bits per heavy atom. The molecule has 0 amide bonds. The summed E-state index contributed by atoms with van der Waals surface area (Å²) in [7, 11) is 0. The minimum absolute atomic E-state index is 0.694. The number of hydrogen-bond donors (Lipinski definition) is 2. The van der Waals surface area contributed by atoms with E-state index in [9.17, 15) is 0 Å². The Balaban J connectivity index is 1.82. The molecule has 1 aromatic heterocycles. The van der Waals surface area contributed by atoms with Gasteiger partial charge in [-0.15, -0.1) is 11.8 Å². The molecule has 0 bridgehead atoms. The van der Waals surface area contributed by atoms with Crippen LogP contribution in [0.2, 0.25) is 0 Å². The van der Waals surface area contributed by atoms with Crippen molar-refractivity contribution in [2.75, 3.05) is 19.3 Å². The lowest BCUT2D eigenvalue weighted by atomic mass is 10.1. The monoisotopic (exact) mass is 373 g/mol. The molecule has 142 valence electrons. The number of rotatable bonds is 9. The normalized spacial score (nSPS) is 11.6. The Labute approximate surface area is 161 Å². The zero-order valence-corrected chi connectivity index (χ0v) is 17.2. The van der Waals surface area contributed by atoms with Gasteiger partial charge in [0.2, 0.25) is 0 Å². The van der Waals surface area contributed by atoms with Crippen LogP contribution in [0.25, 0.3) is 0 Å². The van der Waals surface area contributed by atoms with E-state index in [0.29, 0.717) is 6.54 Å². The molecule has 0 atom stereocenters. The maximum absolute atomic E-state index is 4.75. The summed E-state index contributed by atoms with van der Waals surface area (Å²) in [5, 5.41) is 6.77. The van der Waals surface area contributed by atoms with Crippen LogP contribution in [0.1, 0.15) is 36.7 Å². The van der Waals surface area contributed by atoms with Gasteiger partial charge in [0.05, 0.1) is 6.54 Å². The van der Waals surface area contributed by atoms with E-state index in [-0.39, 0.29) is 0 Å². The third kappa shape index (κ3) is 6.41. The minimum Gasteiger partial charge on any atom is -0.357 e. The van der Waals surface area contributed by atoms with Gasteiger partial charge >= 0.3 is 0 Å². The Hall–Kier alpha value is -1.95. The molecular weight excluding hydrogens is 342 g/mol. The standard InChI is InChI=1S/C20H31N5S/c1-5-21-20(23-10-6-7-12-25-13-11-22-17(25)3)24-15-18-9-8-16(2)14-19(18)26-4/h8-9,11,13-14H,5-7,10,12,15H2,1-4H3,(H2,21,23,24). The van der Waals surface area contributed by atoms with Crippen molar-refractivity contribution in [2.24, 2.45) is 4.99 Å². The summed E-state index contributed by atoms with van der Waals surface area (Å²) in [6, 6.07) is 6.57. The van der Waals surface area contributed by atoms with Crippen LogP contribution in [-0.2, 0) is 13.1 Å². The molecule has 6 heteroatoms. The summed E-state index contributed by atoms with van der Waals surface area (Å²) in [5.74, 6) is 1.97. The number of aromatic nitrogens is 2. The topological polar surface area (TPSA) is 54.2 Å². The molecule has 0 fully saturated rings. The molecule has 26 heavy (non-hydrogen) atoms. The number of nitrogens with zero attached hydrogens (tertiary/aromatic N) is 3. The highest BCUT2D eigenvalue weighted by Crippen LogP contribution is 2.22. The van der Waals surface area contributed by atoms with Gasteiger partial charge in [-0.1, -0.05) is 12.1 Å². The molecule has 0 unspecified atom stereocenters. The number of guanidine groups is 1. The first-order chi connectivity index (χ1) is 12.6. The van der Waals surface area contributed by atoms with Gasteiger partial charge in [0, 0.05) is 36.9 Å². The van der Waals surface area contributed by atoms with Crippen LogP contribution in [0, 0.1) is 13.8 Å². The van der Waals surface area contributed by atoms with Crippen LogP contribution in [0.5, 0.6) is 0 Å². The number of thioether (sulfide) groups is 1. The molecule has 2 aromatic rings. The molecule has 5 nitrogen and oxygen atoms in total. The summed E-state index contributed by atoms with van der Waals surface area (Å²) in [6.45, 7) is 9.76. The van der Waals surface area contributed by atoms with Crippen LogP contribution >= 0.6 is 11.8 Å². The van der Waals surface area contributed by atoms with E-state index >= 15 is 0 Å². The van der Waals surface area contributed by atoms with E-state index in [2.05, 4.69) is 58.5 Å². The number of aliphatic imine (C=N–C) groups is 1. The molecular formula is C20H31N5S. The van der Waals surface area contributed by atoms with E-state index in [1.54, 1.807) is 11.8 Å². The van der Waals surface area contributed by atoms with Gasteiger partial charge in [-0.3, -0.25) is 0 Å². The highest BCUT2D eigenvalue weighted by Gasteiger charge is 2.03. The first-order valence-corrected chi connectivity index (χ1v) is 10.5. The molecule has 0 saturated carbocycles. The predicted molar refractivity (Wildman–Crippen MR) is 112 cm³/mol. The average molecular weight is 374 g/mol. The molecule has 0 aliphatic rings. The van der Waals surface area contributed by atoms with E-state index < -0.39 is 0 Å². The Bertz CT molecular complexity index is 708. The predicted octanol–water partition coefficient (Wildman–Crippen LogP) is 3.76. The third-order valence-electron chi connectivity index (χ3n) is 4.24. The van der Waals surface area contributed by atoms with Gasteiger partial charge in [0.1, 0.15) is 5.82 Å². The fourth-order valence-corrected chi connectivity index (χ4v) is 3.44. The SMILES string of the molecule is CCNC(=NCc1ccc(C)cc1SC)NCCCCn1ccnc1C.